The molecule has 37 heavy (non-hydrogen) atoms. The van der Waals surface area contributed by atoms with Gasteiger partial charge in [0.05, 0.1) is 21.2 Å². The zero-order valence-electron chi connectivity index (χ0n) is 20.2. The lowest BCUT2D eigenvalue weighted by molar-refractivity contribution is 0.414. The molecule has 0 fully saturated rings. The Morgan fingerprint density at radius 2 is 0.892 bits per heavy atom. The highest BCUT2D eigenvalue weighted by molar-refractivity contribution is 7.93. The van der Waals surface area contributed by atoms with Crippen molar-refractivity contribution in [2.24, 2.45) is 0 Å². The molecule has 2 heterocycles. The van der Waals surface area contributed by atoms with Crippen molar-refractivity contribution >= 4 is 31.4 Å². The number of nitrogens with one attached hydrogen (secondary N) is 1. The third-order valence-electron chi connectivity index (χ3n) is 6.88. The van der Waals surface area contributed by atoms with Crippen LogP contribution in [0, 0.1) is 13.8 Å². The van der Waals surface area contributed by atoms with E-state index in [1.807, 2.05) is 13.8 Å². The minimum atomic E-state index is -3.99. The Morgan fingerprint density at radius 1 is 0.541 bits per heavy atom. The molecule has 0 spiro atoms. The highest BCUT2D eigenvalue weighted by Gasteiger charge is 2.49. The molecule has 4 aromatic carbocycles. The maximum Gasteiger partial charge on any atom is 0.265 e. The van der Waals surface area contributed by atoms with Crippen molar-refractivity contribution in [2.75, 3.05) is 8.61 Å². The summed E-state index contributed by atoms with van der Waals surface area (Å²) >= 11 is 0. The molecule has 0 aliphatic carbocycles. The third kappa shape index (κ3) is 3.65. The third-order valence-corrected chi connectivity index (χ3v) is 10.5. The molecule has 188 valence electrons. The summed E-state index contributed by atoms with van der Waals surface area (Å²) in [6.45, 7) is 3.80. The fourth-order valence-corrected chi connectivity index (χ4v) is 8.19. The average Bonchev–Trinajstić information content (AvgIpc) is 2.89. The first-order valence-electron chi connectivity index (χ1n) is 11.9. The fraction of sp³-hybridized carbons (Fsp3) is 0.143. The Hall–Kier alpha value is -3.66. The van der Waals surface area contributed by atoms with E-state index < -0.39 is 32.4 Å². The van der Waals surface area contributed by atoms with Gasteiger partial charge in [0.15, 0.2) is 0 Å². The number of sulfonamides is 2. The predicted octanol–water partition coefficient (Wildman–Crippen LogP) is 5.01. The number of anilines is 2. The zero-order valence-corrected chi connectivity index (χ0v) is 21.9. The van der Waals surface area contributed by atoms with E-state index in [-0.39, 0.29) is 9.79 Å². The molecular weight excluding hydrogens is 506 g/mol. The number of para-hydroxylation sites is 2. The molecular formula is C28H25N3O4S2. The Balaban J connectivity index is 1.58. The quantitative estimate of drug-likeness (QED) is 0.400. The van der Waals surface area contributed by atoms with E-state index in [1.54, 1.807) is 97.1 Å². The molecule has 6 rings (SSSR count). The normalized spacial score (nSPS) is 18.8. The van der Waals surface area contributed by atoms with Crippen molar-refractivity contribution in [2.45, 2.75) is 36.0 Å². The largest absolute Gasteiger partial charge is 0.268 e. The van der Waals surface area contributed by atoms with Crippen molar-refractivity contribution in [1.82, 2.24) is 5.32 Å². The Labute approximate surface area is 217 Å². The van der Waals surface area contributed by atoms with Gasteiger partial charge in [0.2, 0.25) is 0 Å². The van der Waals surface area contributed by atoms with Crippen LogP contribution in [0.2, 0.25) is 0 Å². The van der Waals surface area contributed by atoms with Crippen LogP contribution in [0.3, 0.4) is 0 Å². The smallest absolute Gasteiger partial charge is 0.265 e. The molecule has 4 aromatic rings. The van der Waals surface area contributed by atoms with Crippen LogP contribution >= 0.6 is 0 Å². The topological polar surface area (TPSA) is 86.8 Å². The summed E-state index contributed by atoms with van der Waals surface area (Å²) in [6, 6.07) is 27.6. The molecule has 9 heteroatoms. The number of hydrogen-bond donors (Lipinski definition) is 1. The van der Waals surface area contributed by atoms with Crippen molar-refractivity contribution in [3.8, 4) is 0 Å². The van der Waals surface area contributed by atoms with Gasteiger partial charge < -0.3 is 0 Å². The molecule has 0 radical (unpaired) electrons. The Bertz CT molecular complexity index is 1590. The molecule has 7 nitrogen and oxygen atoms in total. The van der Waals surface area contributed by atoms with E-state index in [1.165, 1.54) is 8.61 Å². The van der Waals surface area contributed by atoms with Gasteiger partial charge in [-0.25, -0.2) is 25.4 Å². The highest BCUT2D eigenvalue weighted by atomic mass is 32.2. The van der Waals surface area contributed by atoms with Crippen molar-refractivity contribution in [3.63, 3.8) is 0 Å². The number of aryl methyl sites for hydroxylation is 2. The summed E-state index contributed by atoms with van der Waals surface area (Å²) in [4.78, 5) is 0.334. The zero-order chi connectivity index (χ0) is 25.9. The van der Waals surface area contributed by atoms with Gasteiger partial charge in [-0.05, 0) is 50.2 Å². The predicted molar refractivity (Wildman–Crippen MR) is 143 cm³/mol. The number of fused-ring (bicyclic) bond motifs is 6. The van der Waals surface area contributed by atoms with E-state index >= 15 is 0 Å². The van der Waals surface area contributed by atoms with Crippen molar-refractivity contribution in [1.29, 1.82) is 0 Å². The summed E-state index contributed by atoms with van der Waals surface area (Å²) in [7, 11) is -7.99. The maximum absolute atomic E-state index is 14.1. The first-order chi connectivity index (χ1) is 17.7. The fourth-order valence-electron chi connectivity index (χ4n) is 5.02. The second-order valence-electron chi connectivity index (χ2n) is 9.32. The van der Waals surface area contributed by atoms with Crippen LogP contribution in [0.1, 0.15) is 34.6 Å². The molecule has 2 aliphatic heterocycles. The number of hydrogen-bond acceptors (Lipinski definition) is 5. The number of rotatable bonds is 4. The van der Waals surface area contributed by atoms with Crippen LogP contribution in [0.15, 0.2) is 107 Å². The summed E-state index contributed by atoms with van der Waals surface area (Å²) < 4.78 is 59.0. The second kappa shape index (κ2) is 8.44. The SMILES string of the molecule is Cc1ccc(S(=O)(=O)N2c3ccccc3[C@@H]3N[C@@H]2c2ccccc2N3S(=O)(=O)c2ccc(C)cc2)cc1. The monoisotopic (exact) mass is 531 g/mol. The van der Waals surface area contributed by atoms with E-state index in [0.717, 1.165) is 11.1 Å². The van der Waals surface area contributed by atoms with Gasteiger partial charge >= 0.3 is 0 Å². The first kappa shape index (κ1) is 23.7. The molecule has 0 aromatic heterocycles. The van der Waals surface area contributed by atoms with Crippen molar-refractivity contribution < 1.29 is 16.8 Å². The maximum atomic E-state index is 14.1. The molecule has 2 atom stereocenters. The number of benzene rings is 4. The Kier molecular flexibility index (Phi) is 5.41. The summed E-state index contributed by atoms with van der Waals surface area (Å²) in [5, 5.41) is 3.33. The molecule has 1 N–H and O–H groups in total. The molecule has 0 unspecified atom stereocenters. The summed E-state index contributed by atoms with van der Waals surface area (Å²) in [5.41, 5.74) is 3.90. The van der Waals surface area contributed by atoms with Crippen LogP contribution in [0.4, 0.5) is 11.4 Å². The molecule has 0 saturated carbocycles. The van der Waals surface area contributed by atoms with Gasteiger partial charge in [-0.1, -0.05) is 71.8 Å². The molecule has 2 aliphatic rings. The van der Waals surface area contributed by atoms with Gasteiger partial charge in [-0.2, -0.15) is 0 Å². The van der Waals surface area contributed by atoms with E-state index in [2.05, 4.69) is 5.32 Å². The molecule has 0 saturated heterocycles. The van der Waals surface area contributed by atoms with E-state index in [9.17, 15) is 16.8 Å². The lowest BCUT2D eigenvalue weighted by atomic mass is 9.98. The second-order valence-corrected chi connectivity index (χ2v) is 12.9. The van der Waals surface area contributed by atoms with Gasteiger partial charge in [-0.15, -0.1) is 0 Å². The minimum Gasteiger partial charge on any atom is -0.268 e. The molecule has 0 amide bonds. The van der Waals surface area contributed by atoms with E-state index in [0.29, 0.717) is 22.5 Å². The first-order valence-corrected chi connectivity index (χ1v) is 14.7. The van der Waals surface area contributed by atoms with Gasteiger partial charge in [0.1, 0.15) is 12.3 Å². The summed E-state index contributed by atoms with van der Waals surface area (Å²) in [5.74, 6) is 0. The Morgan fingerprint density at radius 3 is 1.27 bits per heavy atom. The number of nitrogens with zero attached hydrogens (tertiary/aromatic N) is 2. The average molecular weight is 532 g/mol. The van der Waals surface area contributed by atoms with Crippen LogP contribution < -0.4 is 13.9 Å². The van der Waals surface area contributed by atoms with Crippen molar-refractivity contribution in [3.05, 3.63) is 119 Å². The van der Waals surface area contributed by atoms with Crippen LogP contribution in [-0.4, -0.2) is 16.8 Å². The highest BCUT2D eigenvalue weighted by Crippen LogP contribution is 2.51. The standard InChI is InChI=1S/C28H25N3O4S2/c1-19-11-15-21(16-12-19)36(32,33)30-25-9-5-3-7-23(25)28-29-27(30)24-8-4-6-10-26(24)31(28)37(34,35)22-17-13-20(2)14-18-22/h3-18,27-29H,1-2H3/t27-,28+. The summed E-state index contributed by atoms with van der Waals surface area (Å²) in [6.07, 6.45) is -1.60. The molecule has 2 bridgehead atoms. The van der Waals surface area contributed by atoms with Crippen LogP contribution in [0.5, 0.6) is 0 Å². The lowest BCUT2D eigenvalue weighted by Gasteiger charge is -2.50. The lowest BCUT2D eigenvalue weighted by Crippen LogP contribution is -2.57. The van der Waals surface area contributed by atoms with Gasteiger partial charge in [0.25, 0.3) is 20.0 Å². The van der Waals surface area contributed by atoms with Crippen LogP contribution in [-0.2, 0) is 20.0 Å². The van der Waals surface area contributed by atoms with Crippen LogP contribution in [0.25, 0.3) is 0 Å². The van der Waals surface area contributed by atoms with Gasteiger partial charge in [0, 0.05) is 11.1 Å². The van der Waals surface area contributed by atoms with Gasteiger partial charge in [-0.3, -0.25) is 5.32 Å². The van der Waals surface area contributed by atoms with E-state index in [4.69, 9.17) is 0 Å². The minimum absolute atomic E-state index is 0.167.